The second kappa shape index (κ2) is 5.70. The van der Waals surface area contributed by atoms with Crippen molar-refractivity contribution >= 4 is 5.78 Å². The summed E-state index contributed by atoms with van der Waals surface area (Å²) in [6.45, 7) is 5.97. The second-order valence-corrected chi connectivity index (χ2v) is 6.35. The monoisotopic (exact) mass is 250 g/mol. The Morgan fingerprint density at radius 2 is 1.94 bits per heavy atom. The summed E-state index contributed by atoms with van der Waals surface area (Å²) in [5.74, 6) is 0.891. The highest BCUT2D eigenvalue weighted by molar-refractivity contribution is 5.81. The van der Waals surface area contributed by atoms with Gasteiger partial charge in [0.15, 0.2) is 0 Å². The van der Waals surface area contributed by atoms with E-state index in [-0.39, 0.29) is 0 Å². The van der Waals surface area contributed by atoms with Crippen molar-refractivity contribution in [2.45, 2.75) is 51.0 Å². The molecule has 0 radical (unpaired) electrons. The molecule has 0 spiro atoms. The molecule has 0 aromatic heterocycles. The van der Waals surface area contributed by atoms with Crippen LogP contribution in [0.3, 0.4) is 0 Å². The summed E-state index contributed by atoms with van der Waals surface area (Å²) < 4.78 is 0. The van der Waals surface area contributed by atoms with Gasteiger partial charge in [-0.2, -0.15) is 0 Å². The molecule has 2 saturated heterocycles. The molecule has 0 aromatic carbocycles. The van der Waals surface area contributed by atoms with Crippen molar-refractivity contribution in [1.29, 1.82) is 0 Å². The summed E-state index contributed by atoms with van der Waals surface area (Å²) in [6, 6.07) is 0.791. The van der Waals surface area contributed by atoms with Crippen LogP contribution < -0.4 is 0 Å². The van der Waals surface area contributed by atoms with Crippen LogP contribution in [0, 0.1) is 5.92 Å². The van der Waals surface area contributed by atoms with Gasteiger partial charge in [-0.15, -0.1) is 0 Å². The van der Waals surface area contributed by atoms with Gasteiger partial charge in [0, 0.05) is 44.6 Å². The van der Waals surface area contributed by atoms with Gasteiger partial charge in [-0.05, 0) is 32.2 Å². The standard InChI is InChI=1S/C15H26N2O/c18-15-7-3-1-2-5-13(15)11-16-9-10-17-8-4-6-14(17)12-16/h13-14H,1-12H2. The zero-order valence-corrected chi connectivity index (χ0v) is 11.4. The third-order valence-corrected chi connectivity index (χ3v) is 5.08. The van der Waals surface area contributed by atoms with Crippen LogP contribution >= 0.6 is 0 Å². The molecule has 1 aliphatic carbocycles. The highest BCUT2D eigenvalue weighted by atomic mass is 16.1. The summed E-state index contributed by atoms with van der Waals surface area (Å²) in [5.41, 5.74) is 0. The first-order chi connectivity index (χ1) is 8.83. The van der Waals surface area contributed by atoms with E-state index in [1.165, 1.54) is 51.9 Å². The van der Waals surface area contributed by atoms with Crippen molar-refractivity contribution in [3.05, 3.63) is 0 Å². The number of hydrogen-bond donors (Lipinski definition) is 0. The van der Waals surface area contributed by atoms with Crippen LogP contribution in [0.5, 0.6) is 0 Å². The van der Waals surface area contributed by atoms with Gasteiger partial charge in [0.2, 0.25) is 0 Å². The van der Waals surface area contributed by atoms with Crippen molar-refractivity contribution in [2.24, 2.45) is 5.92 Å². The summed E-state index contributed by atoms with van der Waals surface area (Å²) in [4.78, 5) is 17.3. The number of carbonyl (C=O) groups is 1. The van der Waals surface area contributed by atoms with Crippen LogP contribution in [-0.2, 0) is 4.79 Å². The average Bonchev–Trinajstić information content (AvgIpc) is 2.75. The Balaban J connectivity index is 1.54. The Kier molecular flexibility index (Phi) is 4.00. The van der Waals surface area contributed by atoms with Gasteiger partial charge in [0.05, 0.1) is 0 Å². The number of fused-ring (bicyclic) bond motifs is 1. The number of piperazine rings is 1. The molecule has 0 amide bonds. The highest BCUT2D eigenvalue weighted by Crippen LogP contribution is 2.25. The maximum atomic E-state index is 12.1. The first-order valence-electron chi connectivity index (χ1n) is 7.82. The molecular formula is C15H26N2O. The molecule has 2 heterocycles. The number of ketones is 1. The van der Waals surface area contributed by atoms with Crippen LogP contribution in [0.2, 0.25) is 0 Å². The van der Waals surface area contributed by atoms with Crippen LogP contribution in [0.4, 0.5) is 0 Å². The van der Waals surface area contributed by atoms with Crippen molar-refractivity contribution in [3.8, 4) is 0 Å². The van der Waals surface area contributed by atoms with E-state index in [0.717, 1.165) is 31.8 Å². The lowest BCUT2D eigenvalue weighted by molar-refractivity contribution is -0.123. The van der Waals surface area contributed by atoms with E-state index in [1.807, 2.05) is 0 Å². The molecule has 3 aliphatic rings. The topological polar surface area (TPSA) is 23.6 Å². The number of carbonyl (C=O) groups excluding carboxylic acids is 1. The van der Waals surface area contributed by atoms with E-state index in [0.29, 0.717) is 11.7 Å². The normalized spacial score (nSPS) is 35.4. The van der Waals surface area contributed by atoms with Gasteiger partial charge in [-0.1, -0.05) is 12.8 Å². The number of rotatable bonds is 2. The molecule has 0 bridgehead atoms. The van der Waals surface area contributed by atoms with Gasteiger partial charge in [-0.25, -0.2) is 0 Å². The van der Waals surface area contributed by atoms with Gasteiger partial charge in [0.1, 0.15) is 5.78 Å². The smallest absolute Gasteiger partial charge is 0.137 e. The van der Waals surface area contributed by atoms with Gasteiger partial charge in [0.25, 0.3) is 0 Å². The molecule has 18 heavy (non-hydrogen) atoms. The Labute approximate surface area is 111 Å². The van der Waals surface area contributed by atoms with Gasteiger partial charge in [-0.3, -0.25) is 14.6 Å². The molecule has 3 rings (SSSR count). The molecule has 0 N–H and O–H groups in total. The maximum Gasteiger partial charge on any atom is 0.137 e. The summed E-state index contributed by atoms with van der Waals surface area (Å²) in [6.07, 6.45) is 8.39. The summed E-state index contributed by atoms with van der Waals surface area (Å²) >= 11 is 0. The number of nitrogens with zero attached hydrogens (tertiary/aromatic N) is 2. The SMILES string of the molecule is O=C1CCCCCC1CN1CCN2CCCC2C1. The summed E-state index contributed by atoms with van der Waals surface area (Å²) in [5, 5.41) is 0. The lowest BCUT2D eigenvalue weighted by atomic mass is 9.97. The lowest BCUT2D eigenvalue weighted by Crippen LogP contribution is -2.51. The van der Waals surface area contributed by atoms with E-state index < -0.39 is 0 Å². The molecule has 3 fully saturated rings. The molecule has 102 valence electrons. The fourth-order valence-electron chi connectivity index (χ4n) is 3.96. The molecule has 0 aromatic rings. The molecule has 2 aliphatic heterocycles. The predicted octanol–water partition coefficient (Wildman–Crippen LogP) is 1.92. The van der Waals surface area contributed by atoms with E-state index in [4.69, 9.17) is 0 Å². The van der Waals surface area contributed by atoms with E-state index in [9.17, 15) is 4.79 Å². The van der Waals surface area contributed by atoms with E-state index in [1.54, 1.807) is 0 Å². The second-order valence-electron chi connectivity index (χ2n) is 6.35. The van der Waals surface area contributed by atoms with Crippen molar-refractivity contribution in [3.63, 3.8) is 0 Å². The fraction of sp³-hybridized carbons (Fsp3) is 0.933. The zero-order chi connectivity index (χ0) is 12.4. The zero-order valence-electron chi connectivity index (χ0n) is 11.4. The minimum Gasteiger partial charge on any atom is -0.300 e. The molecular weight excluding hydrogens is 224 g/mol. The first-order valence-corrected chi connectivity index (χ1v) is 7.82. The Morgan fingerprint density at radius 3 is 2.89 bits per heavy atom. The Hall–Kier alpha value is -0.410. The third-order valence-electron chi connectivity index (χ3n) is 5.08. The molecule has 1 saturated carbocycles. The van der Waals surface area contributed by atoms with Crippen LogP contribution in [-0.4, -0.2) is 54.3 Å². The number of hydrogen-bond acceptors (Lipinski definition) is 3. The first kappa shape index (κ1) is 12.6. The van der Waals surface area contributed by atoms with E-state index in [2.05, 4.69) is 9.80 Å². The van der Waals surface area contributed by atoms with Crippen molar-refractivity contribution < 1.29 is 4.79 Å². The molecule has 2 unspecified atom stereocenters. The minimum absolute atomic E-state index is 0.348. The van der Waals surface area contributed by atoms with Crippen LogP contribution in [0.1, 0.15) is 44.9 Å². The quantitative estimate of drug-likeness (QED) is 0.700. The lowest BCUT2D eigenvalue weighted by Gasteiger charge is -2.38. The van der Waals surface area contributed by atoms with E-state index >= 15 is 0 Å². The summed E-state index contributed by atoms with van der Waals surface area (Å²) in [7, 11) is 0. The van der Waals surface area contributed by atoms with Crippen LogP contribution in [0.15, 0.2) is 0 Å². The number of Topliss-reactive ketones (excluding diaryl/α,β-unsaturated/α-hetero) is 1. The highest BCUT2D eigenvalue weighted by Gasteiger charge is 2.32. The predicted molar refractivity (Wildman–Crippen MR) is 72.6 cm³/mol. The maximum absolute atomic E-state index is 12.1. The van der Waals surface area contributed by atoms with Crippen LogP contribution in [0.25, 0.3) is 0 Å². The molecule has 2 atom stereocenters. The van der Waals surface area contributed by atoms with Crippen molar-refractivity contribution in [2.75, 3.05) is 32.7 Å². The average molecular weight is 250 g/mol. The Bertz CT molecular complexity index is 305. The van der Waals surface area contributed by atoms with Gasteiger partial charge >= 0.3 is 0 Å². The molecule has 3 nitrogen and oxygen atoms in total. The Morgan fingerprint density at radius 1 is 1.00 bits per heavy atom. The van der Waals surface area contributed by atoms with Gasteiger partial charge < -0.3 is 0 Å². The third kappa shape index (κ3) is 2.77. The minimum atomic E-state index is 0.348. The van der Waals surface area contributed by atoms with Crippen molar-refractivity contribution in [1.82, 2.24) is 9.80 Å². The largest absolute Gasteiger partial charge is 0.300 e. The molecule has 3 heteroatoms. The fourth-order valence-corrected chi connectivity index (χ4v) is 3.96.